The maximum Gasteiger partial charge on any atom is 0.262 e. The van der Waals surface area contributed by atoms with Crippen molar-refractivity contribution in [2.45, 2.75) is 46.4 Å². The summed E-state index contributed by atoms with van der Waals surface area (Å²) >= 11 is 0. The van der Waals surface area contributed by atoms with E-state index in [-0.39, 0.29) is 17.4 Å². The van der Waals surface area contributed by atoms with E-state index in [0.29, 0.717) is 17.0 Å². The highest BCUT2D eigenvalue weighted by atomic mass is 32.2. The van der Waals surface area contributed by atoms with Crippen LogP contribution in [-0.2, 0) is 14.8 Å². The third-order valence-electron chi connectivity index (χ3n) is 5.52. The van der Waals surface area contributed by atoms with E-state index in [9.17, 15) is 13.2 Å². The molecule has 0 fully saturated rings. The van der Waals surface area contributed by atoms with Gasteiger partial charge in [-0.15, -0.1) is 0 Å². The summed E-state index contributed by atoms with van der Waals surface area (Å²) in [6, 6.07) is 14.0. The van der Waals surface area contributed by atoms with Crippen molar-refractivity contribution in [3.8, 4) is 5.75 Å². The lowest BCUT2D eigenvalue weighted by molar-refractivity contribution is -0.118. The molecule has 0 saturated carbocycles. The molecule has 0 aliphatic heterocycles. The molecule has 0 bridgehead atoms. The van der Waals surface area contributed by atoms with Crippen LogP contribution in [0.25, 0.3) is 0 Å². The lowest BCUT2D eigenvalue weighted by Crippen LogP contribution is -2.21. The normalized spacial score (nSPS) is 11.2. The lowest BCUT2D eigenvalue weighted by Gasteiger charge is -2.15. The van der Waals surface area contributed by atoms with Crippen LogP contribution in [0.3, 0.4) is 0 Å². The van der Waals surface area contributed by atoms with Crippen LogP contribution >= 0.6 is 0 Å². The van der Waals surface area contributed by atoms with E-state index in [2.05, 4.69) is 10.0 Å². The molecule has 33 heavy (non-hydrogen) atoms. The van der Waals surface area contributed by atoms with Crippen LogP contribution in [0.2, 0.25) is 0 Å². The molecule has 3 aromatic rings. The lowest BCUT2D eigenvalue weighted by atomic mass is 10.1. The van der Waals surface area contributed by atoms with Crippen LogP contribution in [0.15, 0.2) is 53.4 Å². The maximum atomic E-state index is 12.8. The fourth-order valence-electron chi connectivity index (χ4n) is 3.67. The highest BCUT2D eigenvalue weighted by Gasteiger charge is 2.17. The Balaban J connectivity index is 1.68. The molecule has 0 unspecified atom stereocenters. The van der Waals surface area contributed by atoms with Gasteiger partial charge in [0.05, 0.1) is 4.90 Å². The highest BCUT2D eigenvalue weighted by Crippen LogP contribution is 2.25. The van der Waals surface area contributed by atoms with Gasteiger partial charge in [-0.2, -0.15) is 0 Å². The molecule has 0 aliphatic rings. The molecule has 0 atom stereocenters. The molecule has 0 aromatic heterocycles. The van der Waals surface area contributed by atoms with Gasteiger partial charge in [0.15, 0.2) is 6.61 Å². The van der Waals surface area contributed by atoms with Crippen LogP contribution in [0, 0.1) is 41.5 Å². The van der Waals surface area contributed by atoms with Crippen LogP contribution < -0.4 is 14.8 Å². The Morgan fingerprint density at radius 2 is 1.45 bits per heavy atom. The SMILES string of the molecule is Cc1cc(C)c(NC(=O)COc2ccc(S(=O)(=O)Nc3ccc(C)c(C)c3)cc2C)c(C)c1. The van der Waals surface area contributed by atoms with Gasteiger partial charge in [0.2, 0.25) is 0 Å². The van der Waals surface area contributed by atoms with Crippen LogP contribution in [0.1, 0.15) is 33.4 Å². The Hall–Kier alpha value is -3.32. The minimum atomic E-state index is -3.75. The van der Waals surface area contributed by atoms with Gasteiger partial charge in [-0.3, -0.25) is 9.52 Å². The third-order valence-corrected chi connectivity index (χ3v) is 6.90. The Bertz CT molecular complexity index is 1290. The quantitative estimate of drug-likeness (QED) is 0.491. The minimum Gasteiger partial charge on any atom is -0.483 e. The summed E-state index contributed by atoms with van der Waals surface area (Å²) in [6.07, 6.45) is 0. The van der Waals surface area contributed by atoms with Gasteiger partial charge in [-0.05, 0) is 99.7 Å². The number of anilines is 2. The van der Waals surface area contributed by atoms with Gasteiger partial charge < -0.3 is 10.1 Å². The van der Waals surface area contributed by atoms with Gasteiger partial charge in [-0.1, -0.05) is 23.8 Å². The zero-order valence-electron chi connectivity index (χ0n) is 19.9. The number of ether oxygens (including phenoxy) is 1. The Kier molecular flexibility index (Phi) is 7.12. The molecule has 0 radical (unpaired) electrons. The van der Waals surface area contributed by atoms with E-state index in [4.69, 9.17) is 4.74 Å². The summed E-state index contributed by atoms with van der Waals surface area (Å²) in [7, 11) is -3.75. The first-order chi connectivity index (χ1) is 15.5. The summed E-state index contributed by atoms with van der Waals surface area (Å²) in [4.78, 5) is 12.6. The van der Waals surface area contributed by atoms with E-state index in [0.717, 1.165) is 33.5 Å². The molecule has 3 aromatic carbocycles. The number of carbonyl (C=O) groups excluding carboxylic acids is 1. The Morgan fingerprint density at radius 3 is 2.06 bits per heavy atom. The van der Waals surface area contributed by atoms with Crippen LogP contribution in [-0.4, -0.2) is 20.9 Å². The number of aryl methyl sites for hydroxylation is 6. The topological polar surface area (TPSA) is 84.5 Å². The second-order valence-corrected chi connectivity index (χ2v) is 10.1. The molecule has 0 aliphatic carbocycles. The third kappa shape index (κ3) is 5.93. The minimum absolute atomic E-state index is 0.126. The highest BCUT2D eigenvalue weighted by molar-refractivity contribution is 7.92. The molecule has 0 heterocycles. The molecule has 2 N–H and O–H groups in total. The average Bonchev–Trinajstić information content (AvgIpc) is 2.72. The van der Waals surface area contributed by atoms with E-state index in [1.165, 1.54) is 12.1 Å². The fourth-order valence-corrected chi connectivity index (χ4v) is 4.80. The monoisotopic (exact) mass is 466 g/mol. The molecular weight excluding hydrogens is 436 g/mol. The van der Waals surface area contributed by atoms with Gasteiger partial charge in [0, 0.05) is 11.4 Å². The summed E-state index contributed by atoms with van der Waals surface area (Å²) in [5.41, 5.74) is 7.12. The van der Waals surface area contributed by atoms with Crippen molar-refractivity contribution in [1.82, 2.24) is 0 Å². The van der Waals surface area contributed by atoms with Crippen molar-refractivity contribution < 1.29 is 17.9 Å². The number of sulfonamides is 1. The van der Waals surface area contributed by atoms with Gasteiger partial charge in [0.1, 0.15) is 5.75 Å². The van der Waals surface area contributed by atoms with Gasteiger partial charge >= 0.3 is 0 Å². The molecule has 6 nitrogen and oxygen atoms in total. The Morgan fingerprint density at radius 1 is 0.788 bits per heavy atom. The molecule has 174 valence electrons. The number of nitrogens with one attached hydrogen (secondary N) is 2. The molecule has 3 rings (SSSR count). The number of amides is 1. The molecule has 0 spiro atoms. The van der Waals surface area contributed by atoms with Crippen LogP contribution in [0.5, 0.6) is 5.75 Å². The van der Waals surface area contributed by atoms with E-state index in [1.54, 1.807) is 25.1 Å². The summed E-state index contributed by atoms with van der Waals surface area (Å²) in [5.74, 6) is 0.171. The smallest absolute Gasteiger partial charge is 0.262 e. The predicted octanol–water partition coefficient (Wildman–Crippen LogP) is 5.36. The number of benzene rings is 3. The van der Waals surface area contributed by atoms with E-state index >= 15 is 0 Å². The van der Waals surface area contributed by atoms with Crippen molar-refractivity contribution in [1.29, 1.82) is 0 Å². The first-order valence-electron chi connectivity index (χ1n) is 10.7. The summed E-state index contributed by atoms with van der Waals surface area (Å²) in [6.45, 7) is 11.4. The van der Waals surface area contributed by atoms with Crippen molar-refractivity contribution >= 4 is 27.3 Å². The van der Waals surface area contributed by atoms with Gasteiger partial charge in [-0.25, -0.2) is 8.42 Å². The second kappa shape index (κ2) is 9.67. The standard InChI is InChI=1S/C26H30N2O4S/c1-16-11-20(5)26(21(6)12-16)27-25(29)15-32-24-10-9-23(14-19(24)4)33(30,31)28-22-8-7-17(2)18(3)13-22/h7-14,28H,15H2,1-6H3,(H,27,29). The summed E-state index contributed by atoms with van der Waals surface area (Å²) < 4.78 is 33.9. The molecular formula is C26H30N2O4S. The maximum absolute atomic E-state index is 12.8. The first kappa shape index (κ1) is 24.3. The van der Waals surface area contributed by atoms with E-state index in [1.807, 2.05) is 52.8 Å². The van der Waals surface area contributed by atoms with Crippen molar-refractivity contribution in [3.63, 3.8) is 0 Å². The molecule has 0 saturated heterocycles. The summed E-state index contributed by atoms with van der Waals surface area (Å²) in [5, 5.41) is 2.90. The molecule has 1 amide bonds. The number of carbonyl (C=O) groups is 1. The number of hydrogen-bond acceptors (Lipinski definition) is 4. The van der Waals surface area contributed by atoms with E-state index < -0.39 is 10.0 Å². The number of hydrogen-bond donors (Lipinski definition) is 2. The molecule has 7 heteroatoms. The zero-order valence-corrected chi connectivity index (χ0v) is 20.7. The van der Waals surface area contributed by atoms with Crippen molar-refractivity contribution in [2.24, 2.45) is 0 Å². The fraction of sp³-hybridized carbons (Fsp3) is 0.269. The predicted molar refractivity (Wildman–Crippen MR) is 133 cm³/mol. The first-order valence-corrected chi connectivity index (χ1v) is 12.2. The van der Waals surface area contributed by atoms with Crippen molar-refractivity contribution in [2.75, 3.05) is 16.6 Å². The van der Waals surface area contributed by atoms with Crippen LogP contribution in [0.4, 0.5) is 11.4 Å². The second-order valence-electron chi connectivity index (χ2n) is 8.44. The van der Waals surface area contributed by atoms with Gasteiger partial charge in [0.25, 0.3) is 15.9 Å². The number of rotatable bonds is 7. The average molecular weight is 467 g/mol. The largest absolute Gasteiger partial charge is 0.483 e. The Labute approximate surface area is 196 Å². The van der Waals surface area contributed by atoms with Crippen molar-refractivity contribution in [3.05, 3.63) is 81.9 Å². The zero-order chi connectivity index (χ0) is 24.3.